The molecule has 2 aromatic rings. The zero-order chi connectivity index (χ0) is 18.0. The Hall–Kier alpha value is -1.71. The average molecular weight is 380 g/mol. The minimum absolute atomic E-state index is 0.164. The Morgan fingerprint density at radius 1 is 1.32 bits per heavy atom. The minimum atomic E-state index is -0.183. The van der Waals surface area contributed by atoms with Crippen LogP contribution in [0.3, 0.4) is 0 Å². The molecular weight excluding hydrogens is 358 g/mol. The van der Waals surface area contributed by atoms with Crippen LogP contribution in [0.1, 0.15) is 11.1 Å². The van der Waals surface area contributed by atoms with Crippen LogP contribution in [0, 0.1) is 18.6 Å². The van der Waals surface area contributed by atoms with E-state index in [2.05, 4.69) is 21.4 Å². The van der Waals surface area contributed by atoms with Crippen LogP contribution in [-0.2, 0) is 16.2 Å². The zero-order valence-corrected chi connectivity index (χ0v) is 16.1. The van der Waals surface area contributed by atoms with Gasteiger partial charge in [-0.2, -0.15) is 4.68 Å². The number of carbonyl (C=O) groups excluding carboxylic acids is 1. The lowest BCUT2D eigenvalue weighted by Gasteiger charge is -2.30. The summed E-state index contributed by atoms with van der Waals surface area (Å²) in [4.78, 5) is 13.9. The summed E-state index contributed by atoms with van der Waals surface area (Å²) < 4.78 is 8.75. The lowest BCUT2D eigenvalue weighted by atomic mass is 10.1. The van der Waals surface area contributed by atoms with E-state index in [9.17, 15) is 4.79 Å². The van der Waals surface area contributed by atoms with E-state index >= 15 is 0 Å². The summed E-state index contributed by atoms with van der Waals surface area (Å²) in [6, 6.07) is 6.18. The Labute approximate surface area is 155 Å². The summed E-state index contributed by atoms with van der Waals surface area (Å²) in [6.07, 6.45) is 0. The molecule has 1 saturated heterocycles. The SMILES string of the molecule is COC(=O)[C@@H]1CN(Cn2nnn(-c3cc(C)cc(C)c3)c2=S)CCS1. The Balaban J connectivity index is 1.77. The molecule has 1 aliphatic heterocycles. The van der Waals surface area contributed by atoms with Crippen LogP contribution >= 0.6 is 24.0 Å². The van der Waals surface area contributed by atoms with Crippen molar-refractivity contribution in [3.8, 4) is 5.69 Å². The van der Waals surface area contributed by atoms with Gasteiger partial charge in [0.1, 0.15) is 5.25 Å². The van der Waals surface area contributed by atoms with Crippen LogP contribution in [0.4, 0.5) is 0 Å². The molecule has 25 heavy (non-hydrogen) atoms. The highest BCUT2D eigenvalue weighted by atomic mass is 32.2. The van der Waals surface area contributed by atoms with Crippen LogP contribution in [0.25, 0.3) is 5.69 Å². The lowest BCUT2D eigenvalue weighted by molar-refractivity contribution is -0.140. The van der Waals surface area contributed by atoms with E-state index < -0.39 is 0 Å². The number of thioether (sulfide) groups is 1. The molecule has 1 atom stereocenters. The fourth-order valence-corrected chi connectivity index (χ4v) is 4.33. The van der Waals surface area contributed by atoms with Crippen molar-refractivity contribution in [1.82, 2.24) is 24.7 Å². The Bertz CT molecular complexity index is 812. The van der Waals surface area contributed by atoms with E-state index in [1.54, 1.807) is 21.1 Å². The van der Waals surface area contributed by atoms with Gasteiger partial charge in [0.05, 0.1) is 19.5 Å². The molecule has 1 fully saturated rings. The van der Waals surface area contributed by atoms with E-state index in [1.165, 1.54) is 7.11 Å². The number of tetrazole rings is 1. The van der Waals surface area contributed by atoms with Crippen LogP contribution in [-0.4, -0.2) is 61.9 Å². The molecule has 3 rings (SSSR count). The quantitative estimate of drug-likeness (QED) is 0.594. The summed E-state index contributed by atoms with van der Waals surface area (Å²) in [5, 5.41) is 8.24. The number of aryl methyl sites for hydroxylation is 2. The van der Waals surface area contributed by atoms with Crippen molar-refractivity contribution >= 4 is 29.9 Å². The van der Waals surface area contributed by atoms with Gasteiger partial charge in [0.2, 0.25) is 4.77 Å². The summed E-state index contributed by atoms with van der Waals surface area (Å²) in [5.41, 5.74) is 3.22. The van der Waals surface area contributed by atoms with Crippen molar-refractivity contribution < 1.29 is 9.53 Å². The Kier molecular flexibility index (Phi) is 5.55. The molecule has 2 heterocycles. The molecule has 0 unspecified atom stereocenters. The van der Waals surface area contributed by atoms with Crippen LogP contribution in [0.15, 0.2) is 18.2 Å². The predicted octanol–water partition coefficient (Wildman–Crippen LogP) is 1.96. The maximum absolute atomic E-state index is 11.8. The first-order chi connectivity index (χ1) is 12.0. The maximum Gasteiger partial charge on any atom is 0.320 e. The second-order valence-corrected chi connectivity index (χ2v) is 7.80. The first kappa shape index (κ1) is 18.1. The third-order valence-electron chi connectivity index (χ3n) is 4.04. The zero-order valence-electron chi connectivity index (χ0n) is 14.5. The van der Waals surface area contributed by atoms with Crippen molar-refractivity contribution in [2.45, 2.75) is 25.8 Å². The first-order valence-electron chi connectivity index (χ1n) is 8.01. The van der Waals surface area contributed by atoms with Crippen molar-refractivity contribution in [2.24, 2.45) is 0 Å². The summed E-state index contributed by atoms with van der Waals surface area (Å²) in [5.74, 6) is 0.690. The normalized spacial score (nSPS) is 18.3. The van der Waals surface area contributed by atoms with E-state index in [0.717, 1.165) is 29.1 Å². The monoisotopic (exact) mass is 379 g/mol. The second kappa shape index (κ2) is 7.67. The van der Waals surface area contributed by atoms with Crippen molar-refractivity contribution in [1.29, 1.82) is 0 Å². The number of ether oxygens (including phenoxy) is 1. The van der Waals surface area contributed by atoms with Gasteiger partial charge in [-0.05, 0) is 59.8 Å². The number of rotatable bonds is 4. The van der Waals surface area contributed by atoms with E-state index in [4.69, 9.17) is 17.0 Å². The molecule has 0 amide bonds. The van der Waals surface area contributed by atoms with Gasteiger partial charge in [-0.3, -0.25) is 9.69 Å². The van der Waals surface area contributed by atoms with Crippen molar-refractivity contribution in [3.63, 3.8) is 0 Å². The molecule has 0 aliphatic carbocycles. The molecule has 9 heteroatoms. The number of methoxy groups -OCH3 is 1. The minimum Gasteiger partial charge on any atom is -0.468 e. The molecule has 0 radical (unpaired) electrons. The number of benzene rings is 1. The molecule has 0 spiro atoms. The standard InChI is InChI=1S/C16H21N5O2S2/c1-11-6-12(2)8-13(7-11)21-16(24)20(17-18-21)10-19-4-5-25-14(9-19)15(22)23-3/h6-8,14H,4-5,9-10H2,1-3H3/t14-/m0/s1. The van der Waals surface area contributed by atoms with Gasteiger partial charge >= 0.3 is 5.97 Å². The van der Waals surface area contributed by atoms with Gasteiger partial charge in [0.25, 0.3) is 0 Å². The molecule has 1 aromatic heterocycles. The average Bonchev–Trinajstić information content (AvgIpc) is 2.94. The van der Waals surface area contributed by atoms with Gasteiger partial charge in [-0.25, -0.2) is 4.68 Å². The van der Waals surface area contributed by atoms with Crippen LogP contribution < -0.4 is 0 Å². The molecule has 134 valence electrons. The fraction of sp³-hybridized carbons (Fsp3) is 0.500. The maximum atomic E-state index is 11.8. The van der Waals surface area contributed by atoms with Gasteiger partial charge in [0.15, 0.2) is 0 Å². The van der Waals surface area contributed by atoms with E-state index in [1.807, 2.05) is 26.0 Å². The third kappa shape index (κ3) is 4.10. The number of esters is 1. The number of hydrogen-bond donors (Lipinski definition) is 0. The largest absolute Gasteiger partial charge is 0.468 e. The molecule has 0 bridgehead atoms. The van der Waals surface area contributed by atoms with Crippen LogP contribution in [0.2, 0.25) is 0 Å². The second-order valence-electron chi connectivity index (χ2n) is 6.12. The molecular formula is C16H21N5O2S2. The highest BCUT2D eigenvalue weighted by Gasteiger charge is 2.27. The molecule has 1 aliphatic rings. The predicted molar refractivity (Wildman–Crippen MR) is 99.5 cm³/mol. The van der Waals surface area contributed by atoms with Gasteiger partial charge in [-0.15, -0.1) is 11.8 Å². The van der Waals surface area contributed by atoms with Crippen molar-refractivity contribution in [2.75, 3.05) is 26.0 Å². The number of aromatic nitrogens is 4. The number of carbonyl (C=O) groups is 1. The van der Waals surface area contributed by atoms with E-state index in [-0.39, 0.29) is 11.2 Å². The van der Waals surface area contributed by atoms with Gasteiger partial charge in [-0.1, -0.05) is 6.07 Å². The first-order valence-corrected chi connectivity index (χ1v) is 9.47. The van der Waals surface area contributed by atoms with Crippen LogP contribution in [0.5, 0.6) is 0 Å². The topological polar surface area (TPSA) is 65.2 Å². The molecule has 0 saturated carbocycles. The van der Waals surface area contributed by atoms with E-state index in [0.29, 0.717) is 18.0 Å². The third-order valence-corrected chi connectivity index (χ3v) is 5.58. The van der Waals surface area contributed by atoms with Gasteiger partial charge in [0, 0.05) is 18.8 Å². The lowest BCUT2D eigenvalue weighted by Crippen LogP contribution is -2.42. The smallest absolute Gasteiger partial charge is 0.320 e. The summed E-state index contributed by atoms with van der Waals surface area (Å²) >= 11 is 7.17. The summed E-state index contributed by atoms with van der Waals surface area (Å²) in [7, 11) is 1.42. The van der Waals surface area contributed by atoms with Gasteiger partial charge < -0.3 is 4.74 Å². The number of hydrogen-bond acceptors (Lipinski definition) is 7. The highest BCUT2D eigenvalue weighted by molar-refractivity contribution is 8.00. The van der Waals surface area contributed by atoms with Crippen molar-refractivity contribution in [3.05, 3.63) is 34.1 Å². The summed E-state index contributed by atoms with van der Waals surface area (Å²) in [6.45, 7) is 6.09. The fourth-order valence-electron chi connectivity index (χ4n) is 2.89. The molecule has 0 N–H and O–H groups in total. The highest BCUT2D eigenvalue weighted by Crippen LogP contribution is 2.20. The molecule has 7 nitrogen and oxygen atoms in total. The number of nitrogens with zero attached hydrogens (tertiary/aromatic N) is 5. The Morgan fingerprint density at radius 2 is 2.04 bits per heavy atom. The molecule has 1 aromatic carbocycles. The Morgan fingerprint density at radius 3 is 2.72 bits per heavy atom.